The lowest BCUT2D eigenvalue weighted by molar-refractivity contribution is -0.384. The molecule has 0 aliphatic rings. The predicted octanol–water partition coefficient (Wildman–Crippen LogP) is 5.48. The summed E-state index contributed by atoms with van der Waals surface area (Å²) in [5, 5.41) is 23.0. The second-order valence-corrected chi connectivity index (χ2v) is 5.20. The van der Waals surface area contributed by atoms with Crippen molar-refractivity contribution >= 4 is 29.2 Å². The van der Waals surface area contributed by atoms with E-state index in [1.807, 2.05) is 30.3 Å². The number of aryl methyl sites for hydroxylation is 1. The zero-order chi connectivity index (χ0) is 17.6. The number of hydrogen-bond donors (Lipinski definition) is 0. The summed E-state index contributed by atoms with van der Waals surface area (Å²) in [4.78, 5) is 10.2. The van der Waals surface area contributed by atoms with Crippen LogP contribution in [0.5, 0.6) is 0 Å². The largest absolute Gasteiger partial charge is 0.354 e. The number of nitro groups is 1. The van der Waals surface area contributed by atoms with Crippen molar-refractivity contribution in [1.29, 1.82) is 0 Å². The summed E-state index contributed by atoms with van der Waals surface area (Å²) in [5.41, 5.74) is 2.74. The Morgan fingerprint density at radius 1 is 1.04 bits per heavy atom. The number of rotatable bonds is 5. The Labute approximate surface area is 143 Å². The van der Waals surface area contributed by atoms with E-state index in [0.29, 0.717) is 17.1 Å². The van der Waals surface area contributed by atoms with Crippen molar-refractivity contribution in [2.45, 2.75) is 6.92 Å². The topological polar surface area (TPSA) is 93.9 Å². The average Bonchev–Trinajstić information content (AvgIpc) is 2.99. The number of non-ortho nitro benzene ring substituents is 1. The van der Waals surface area contributed by atoms with Crippen molar-refractivity contribution in [2.24, 2.45) is 10.2 Å². The van der Waals surface area contributed by atoms with Gasteiger partial charge >= 0.3 is 0 Å². The molecule has 0 fully saturated rings. The summed E-state index contributed by atoms with van der Waals surface area (Å²) < 4.78 is 5.27. The second kappa shape index (κ2) is 7.31. The lowest BCUT2D eigenvalue weighted by Crippen LogP contribution is -1.86. The normalized spacial score (nSPS) is 11.4. The fourth-order valence-corrected chi connectivity index (χ4v) is 2.09. The van der Waals surface area contributed by atoms with Crippen molar-refractivity contribution in [1.82, 2.24) is 5.16 Å². The summed E-state index contributed by atoms with van der Waals surface area (Å²) in [6.45, 7) is 1.78. The van der Waals surface area contributed by atoms with Crippen LogP contribution >= 0.6 is 0 Å². The van der Waals surface area contributed by atoms with Gasteiger partial charge in [0.2, 0.25) is 0 Å². The van der Waals surface area contributed by atoms with Crippen LogP contribution in [-0.4, -0.2) is 10.1 Å². The highest BCUT2D eigenvalue weighted by Gasteiger charge is 2.10. The highest BCUT2D eigenvalue weighted by atomic mass is 16.6. The second-order valence-electron chi connectivity index (χ2n) is 5.20. The minimum absolute atomic E-state index is 0.0463. The van der Waals surface area contributed by atoms with Gasteiger partial charge in [-0.2, -0.15) is 5.11 Å². The molecule has 2 aromatic carbocycles. The van der Waals surface area contributed by atoms with E-state index in [-0.39, 0.29) is 5.69 Å². The molecule has 7 heteroatoms. The molecule has 1 heterocycles. The first-order chi connectivity index (χ1) is 12.1. The van der Waals surface area contributed by atoms with Crippen LogP contribution in [0.3, 0.4) is 0 Å². The van der Waals surface area contributed by atoms with E-state index < -0.39 is 4.92 Å². The Balaban J connectivity index is 1.81. The van der Waals surface area contributed by atoms with Gasteiger partial charge in [-0.15, -0.1) is 5.11 Å². The molecule has 0 spiro atoms. The maximum absolute atomic E-state index is 10.7. The monoisotopic (exact) mass is 334 g/mol. The van der Waals surface area contributed by atoms with Crippen LogP contribution in [0.15, 0.2) is 69.3 Å². The number of nitrogens with zero attached hydrogens (tertiary/aromatic N) is 4. The van der Waals surface area contributed by atoms with Crippen LogP contribution in [0, 0.1) is 17.0 Å². The lowest BCUT2D eigenvalue weighted by Gasteiger charge is -1.94. The van der Waals surface area contributed by atoms with Crippen LogP contribution in [-0.2, 0) is 0 Å². The first-order valence-corrected chi connectivity index (χ1v) is 7.49. The molecule has 0 aliphatic heterocycles. The Morgan fingerprint density at radius 3 is 2.44 bits per heavy atom. The molecule has 0 radical (unpaired) electrons. The highest BCUT2D eigenvalue weighted by Crippen LogP contribution is 2.27. The fraction of sp³-hybridized carbons (Fsp3) is 0.0556. The first-order valence-electron chi connectivity index (χ1n) is 7.49. The van der Waals surface area contributed by atoms with Gasteiger partial charge in [-0.1, -0.05) is 29.4 Å². The summed E-state index contributed by atoms with van der Waals surface area (Å²) in [6, 6.07) is 15.6. The van der Waals surface area contributed by atoms with Gasteiger partial charge in [0.1, 0.15) is 5.69 Å². The van der Waals surface area contributed by atoms with Crippen LogP contribution in [0.25, 0.3) is 12.2 Å². The maximum Gasteiger partial charge on any atom is 0.269 e. The van der Waals surface area contributed by atoms with Gasteiger partial charge in [0.15, 0.2) is 11.4 Å². The summed E-state index contributed by atoms with van der Waals surface area (Å²) in [5.74, 6) is 0.468. The Morgan fingerprint density at radius 2 is 1.76 bits per heavy atom. The van der Waals surface area contributed by atoms with Gasteiger partial charge in [-0.25, -0.2) is 0 Å². The Kier molecular flexibility index (Phi) is 4.75. The zero-order valence-corrected chi connectivity index (χ0v) is 13.4. The third kappa shape index (κ3) is 4.03. The third-order valence-electron chi connectivity index (χ3n) is 3.41. The summed E-state index contributed by atoms with van der Waals surface area (Å²) in [6.07, 6.45) is 3.48. The van der Waals surface area contributed by atoms with Crippen LogP contribution < -0.4 is 0 Å². The third-order valence-corrected chi connectivity index (χ3v) is 3.41. The number of aromatic nitrogens is 1. The molecule has 1 aromatic heterocycles. The molecule has 0 amide bonds. The van der Waals surface area contributed by atoms with E-state index in [9.17, 15) is 10.1 Å². The van der Waals surface area contributed by atoms with Gasteiger partial charge < -0.3 is 4.52 Å². The van der Waals surface area contributed by atoms with Crippen molar-refractivity contribution < 1.29 is 9.45 Å². The predicted molar refractivity (Wildman–Crippen MR) is 93.9 cm³/mol. The molecule has 3 rings (SSSR count). The molecule has 25 heavy (non-hydrogen) atoms. The molecule has 0 bridgehead atoms. The molecule has 7 nitrogen and oxygen atoms in total. The van der Waals surface area contributed by atoms with E-state index in [2.05, 4.69) is 15.4 Å². The van der Waals surface area contributed by atoms with Crippen LogP contribution in [0.2, 0.25) is 0 Å². The fourth-order valence-electron chi connectivity index (χ4n) is 2.09. The van der Waals surface area contributed by atoms with Gasteiger partial charge in [0, 0.05) is 12.1 Å². The van der Waals surface area contributed by atoms with Crippen molar-refractivity contribution in [3.8, 4) is 0 Å². The Bertz CT molecular complexity index is 929. The summed E-state index contributed by atoms with van der Waals surface area (Å²) >= 11 is 0. The van der Waals surface area contributed by atoms with Crippen LogP contribution in [0.4, 0.5) is 17.1 Å². The van der Waals surface area contributed by atoms with Gasteiger partial charge in [-0.05, 0) is 42.8 Å². The zero-order valence-electron chi connectivity index (χ0n) is 13.4. The minimum Gasteiger partial charge on any atom is -0.354 e. The first kappa shape index (κ1) is 16.3. The van der Waals surface area contributed by atoms with Crippen molar-refractivity contribution in [3.05, 3.63) is 81.7 Å². The molecule has 0 N–H and O–H groups in total. The quantitative estimate of drug-likeness (QED) is 0.351. The van der Waals surface area contributed by atoms with Gasteiger partial charge in [0.05, 0.1) is 10.6 Å². The van der Waals surface area contributed by atoms with E-state index in [0.717, 1.165) is 11.3 Å². The smallest absolute Gasteiger partial charge is 0.269 e. The van der Waals surface area contributed by atoms with E-state index >= 15 is 0 Å². The molecule has 0 aliphatic carbocycles. The molecule has 0 atom stereocenters. The molecule has 0 saturated carbocycles. The van der Waals surface area contributed by atoms with E-state index in [1.165, 1.54) is 12.1 Å². The molecule has 0 saturated heterocycles. The SMILES string of the molecule is Cc1noc(/C=C/c2ccc([N+](=O)[O-])cc2)c1N=Nc1ccccc1. The molecule has 0 unspecified atom stereocenters. The minimum atomic E-state index is -0.435. The van der Waals surface area contributed by atoms with Crippen molar-refractivity contribution in [2.75, 3.05) is 0 Å². The maximum atomic E-state index is 10.7. The highest BCUT2D eigenvalue weighted by molar-refractivity contribution is 5.73. The number of nitro benzene ring substituents is 1. The number of azo groups is 1. The van der Waals surface area contributed by atoms with E-state index in [1.54, 1.807) is 31.2 Å². The number of hydrogen-bond acceptors (Lipinski definition) is 6. The Hall–Kier alpha value is -3.61. The lowest BCUT2D eigenvalue weighted by atomic mass is 10.2. The summed E-state index contributed by atoms with van der Waals surface area (Å²) in [7, 11) is 0. The van der Waals surface area contributed by atoms with Gasteiger partial charge in [-0.3, -0.25) is 10.1 Å². The molecular weight excluding hydrogens is 320 g/mol. The molecule has 124 valence electrons. The molecule has 3 aromatic rings. The van der Waals surface area contributed by atoms with Crippen molar-refractivity contribution in [3.63, 3.8) is 0 Å². The van der Waals surface area contributed by atoms with Crippen LogP contribution in [0.1, 0.15) is 17.0 Å². The standard InChI is InChI=1S/C18H14N4O3/c1-13-18(20-19-15-5-3-2-4-6-15)17(25-21-13)12-9-14-7-10-16(11-8-14)22(23)24/h2-12H,1H3/b12-9+,20-19?. The average molecular weight is 334 g/mol. The van der Waals surface area contributed by atoms with Gasteiger partial charge in [0.25, 0.3) is 5.69 Å². The molecular formula is C18H14N4O3. The number of benzene rings is 2. The van der Waals surface area contributed by atoms with E-state index in [4.69, 9.17) is 4.52 Å².